The van der Waals surface area contributed by atoms with E-state index >= 15 is 0 Å². The zero-order valence-corrected chi connectivity index (χ0v) is 24.3. The Bertz CT molecular complexity index is 839. The molecule has 4 fully saturated rings. The van der Waals surface area contributed by atoms with Crippen LogP contribution in [0.25, 0.3) is 0 Å². The summed E-state index contributed by atoms with van der Waals surface area (Å²) in [5, 5.41) is 1.95. The fraction of sp³-hybridized carbons (Fsp3) is 0.793. The van der Waals surface area contributed by atoms with Crippen molar-refractivity contribution in [3.63, 3.8) is 0 Å². The van der Waals surface area contributed by atoms with Crippen LogP contribution < -0.4 is 10.0 Å². The third kappa shape index (κ3) is 5.17. The summed E-state index contributed by atoms with van der Waals surface area (Å²) in [5.74, 6) is 2.63. The molecule has 4 aliphatic rings. The Morgan fingerprint density at radius 1 is 0.848 bits per heavy atom. The van der Waals surface area contributed by atoms with Crippen molar-refractivity contribution < 1.29 is 4.21 Å². The number of hydrogen-bond acceptors (Lipinski definition) is 1. The van der Waals surface area contributed by atoms with Crippen molar-refractivity contribution in [1.29, 1.82) is 0 Å². The molecule has 186 valence electrons. The van der Waals surface area contributed by atoms with Gasteiger partial charge in [0.05, 0.1) is 21.8 Å². The Morgan fingerprint density at radius 2 is 1.30 bits per heavy atom. The summed E-state index contributed by atoms with van der Waals surface area (Å²) in [4.78, 5) is 0. The van der Waals surface area contributed by atoms with Crippen molar-refractivity contribution >= 4 is 24.2 Å². The average molecular weight is 490 g/mol. The second kappa shape index (κ2) is 8.70. The van der Waals surface area contributed by atoms with Crippen LogP contribution in [0.2, 0.25) is 0 Å². The molecule has 0 heterocycles. The van der Waals surface area contributed by atoms with Gasteiger partial charge in [-0.1, -0.05) is 73.7 Å². The van der Waals surface area contributed by atoms with E-state index in [1.807, 2.05) is 0 Å². The third-order valence-electron chi connectivity index (χ3n) is 8.31. The third-order valence-corrected chi connectivity index (χ3v) is 13.4. The van der Waals surface area contributed by atoms with Gasteiger partial charge in [0.1, 0.15) is 0 Å². The van der Waals surface area contributed by atoms with Gasteiger partial charge in [0.15, 0.2) is 0 Å². The van der Waals surface area contributed by atoms with E-state index in [-0.39, 0.29) is 26.5 Å². The molecule has 4 heteroatoms. The fourth-order valence-electron chi connectivity index (χ4n) is 8.00. The highest BCUT2D eigenvalue weighted by Gasteiger charge is 2.55. The normalized spacial score (nSPS) is 31.8. The topological polar surface area (TPSA) is 29.1 Å². The predicted octanol–water partition coefficient (Wildman–Crippen LogP) is 7.70. The summed E-state index contributed by atoms with van der Waals surface area (Å²) >= 11 is 0. The SMILES string of the molecule is CC(C)(C)P(c1ccccc1[C@@H](N[S@](=O)C(C)(C)C)C12CC3CC(CC(C3)C1)C2)C(C)(C)C. The molecular formula is C29H48NOPS. The fourth-order valence-corrected chi connectivity index (χ4v) is 13.1. The van der Waals surface area contributed by atoms with Crippen molar-refractivity contribution in [2.75, 3.05) is 0 Å². The van der Waals surface area contributed by atoms with Crippen LogP contribution in [-0.2, 0) is 11.0 Å². The lowest BCUT2D eigenvalue weighted by atomic mass is 9.47. The molecule has 0 aliphatic heterocycles. The van der Waals surface area contributed by atoms with Gasteiger partial charge in [0.2, 0.25) is 0 Å². The van der Waals surface area contributed by atoms with Gasteiger partial charge in [-0.05, 0) is 104 Å². The maximum atomic E-state index is 13.6. The minimum absolute atomic E-state index is 0.178. The number of hydrogen-bond donors (Lipinski definition) is 1. The lowest BCUT2D eigenvalue weighted by Crippen LogP contribution is -2.54. The highest BCUT2D eigenvalue weighted by atomic mass is 32.2. The summed E-state index contributed by atoms with van der Waals surface area (Å²) in [6.45, 7) is 20.8. The number of rotatable bonds is 5. The van der Waals surface area contributed by atoms with Gasteiger partial charge in [-0.2, -0.15) is 0 Å². The quantitative estimate of drug-likeness (QED) is 0.422. The van der Waals surface area contributed by atoms with Crippen molar-refractivity contribution in [3.05, 3.63) is 29.8 Å². The van der Waals surface area contributed by atoms with E-state index in [2.05, 4.69) is 91.3 Å². The lowest BCUT2D eigenvalue weighted by Gasteiger charge is -2.60. The molecule has 0 unspecified atom stereocenters. The van der Waals surface area contributed by atoms with E-state index < -0.39 is 18.9 Å². The first-order valence-corrected chi connectivity index (χ1v) is 15.7. The largest absolute Gasteiger partial charge is 0.242 e. The van der Waals surface area contributed by atoms with E-state index in [1.165, 1.54) is 49.4 Å². The van der Waals surface area contributed by atoms with Gasteiger partial charge in [-0.15, -0.1) is 0 Å². The van der Waals surface area contributed by atoms with Crippen molar-refractivity contribution in [1.82, 2.24) is 4.72 Å². The van der Waals surface area contributed by atoms with Gasteiger partial charge < -0.3 is 0 Å². The van der Waals surface area contributed by atoms with E-state index in [4.69, 9.17) is 0 Å². The zero-order chi connectivity index (χ0) is 24.4. The van der Waals surface area contributed by atoms with Crippen molar-refractivity contribution in [3.8, 4) is 0 Å². The van der Waals surface area contributed by atoms with Gasteiger partial charge in [-0.25, -0.2) is 8.93 Å². The van der Waals surface area contributed by atoms with Crippen LogP contribution in [0.1, 0.15) is 112 Å². The molecule has 1 N–H and O–H groups in total. The van der Waals surface area contributed by atoms with Crippen LogP contribution in [0, 0.1) is 23.2 Å². The summed E-state index contributed by atoms with van der Waals surface area (Å²) in [6, 6.07) is 9.44. The second-order valence-electron chi connectivity index (χ2n) is 14.4. The van der Waals surface area contributed by atoms with Gasteiger partial charge in [-0.3, -0.25) is 0 Å². The van der Waals surface area contributed by atoms with Gasteiger partial charge >= 0.3 is 0 Å². The molecular weight excluding hydrogens is 441 g/mol. The van der Waals surface area contributed by atoms with Crippen LogP contribution in [0.4, 0.5) is 0 Å². The summed E-state index contributed by atoms with van der Waals surface area (Å²) < 4.78 is 17.2. The molecule has 4 bridgehead atoms. The van der Waals surface area contributed by atoms with Crippen LogP contribution in [-0.4, -0.2) is 19.3 Å². The minimum atomic E-state index is -1.09. The van der Waals surface area contributed by atoms with E-state index in [0.717, 1.165) is 17.8 Å². The van der Waals surface area contributed by atoms with Gasteiger partial charge in [0.25, 0.3) is 0 Å². The second-order valence-corrected chi connectivity index (χ2v) is 20.3. The first kappa shape index (κ1) is 25.8. The van der Waals surface area contributed by atoms with Gasteiger partial charge in [0, 0.05) is 0 Å². The number of nitrogens with one attached hydrogen (secondary N) is 1. The van der Waals surface area contributed by atoms with Crippen LogP contribution in [0.3, 0.4) is 0 Å². The molecule has 0 spiro atoms. The highest BCUT2D eigenvalue weighted by Crippen LogP contribution is 2.65. The Morgan fingerprint density at radius 3 is 1.73 bits per heavy atom. The maximum Gasteiger partial charge on any atom is 0.0976 e. The first-order valence-electron chi connectivity index (χ1n) is 13.2. The summed E-state index contributed by atoms with van der Waals surface area (Å²) in [6.07, 6.45) is 8.26. The number of benzene rings is 1. The standard InChI is InChI=1S/C29H48NOPS/c1-26(2,3)32(27(4,5)6)24-13-11-10-12-23(24)25(30-33(31)28(7,8)9)29-17-20-14-21(18-29)16-22(15-20)19-29/h10-13,20-22,25,30H,14-19H2,1-9H3/t20?,21?,22?,25-,29?,33-/m1/s1. The van der Waals surface area contributed by atoms with E-state index in [1.54, 1.807) is 0 Å². The lowest BCUT2D eigenvalue weighted by molar-refractivity contribution is -0.0705. The van der Waals surface area contributed by atoms with Crippen molar-refractivity contribution in [2.24, 2.45) is 23.2 Å². The van der Waals surface area contributed by atoms with Crippen molar-refractivity contribution in [2.45, 2.75) is 122 Å². The molecule has 0 amide bonds. The van der Waals surface area contributed by atoms with E-state index in [0.29, 0.717) is 0 Å². The molecule has 1 aromatic carbocycles. The smallest absolute Gasteiger partial charge is 0.0976 e. The molecule has 0 saturated heterocycles. The Balaban J connectivity index is 1.85. The Kier molecular flexibility index (Phi) is 6.82. The minimum Gasteiger partial charge on any atom is -0.242 e. The van der Waals surface area contributed by atoms with Crippen LogP contribution in [0.15, 0.2) is 24.3 Å². The summed E-state index contributed by atoms with van der Waals surface area (Å²) in [5.41, 5.74) is 1.70. The Labute approximate surface area is 207 Å². The monoisotopic (exact) mass is 489 g/mol. The highest BCUT2D eigenvalue weighted by molar-refractivity contribution is 7.84. The molecule has 33 heavy (non-hydrogen) atoms. The maximum absolute atomic E-state index is 13.6. The Hall–Kier alpha value is -0.240. The first-order chi connectivity index (χ1) is 15.1. The zero-order valence-electron chi connectivity index (χ0n) is 22.6. The molecule has 4 saturated carbocycles. The molecule has 2 atom stereocenters. The molecule has 4 aliphatic carbocycles. The average Bonchev–Trinajstić information content (AvgIpc) is 2.62. The van der Waals surface area contributed by atoms with Crippen LogP contribution >= 0.6 is 7.92 Å². The predicted molar refractivity (Wildman–Crippen MR) is 147 cm³/mol. The molecule has 5 rings (SSSR count). The molecule has 0 radical (unpaired) electrons. The summed E-state index contributed by atoms with van der Waals surface area (Å²) in [7, 11) is -1.51. The molecule has 2 nitrogen and oxygen atoms in total. The molecule has 1 aromatic rings. The molecule has 0 aromatic heterocycles. The van der Waals surface area contributed by atoms with E-state index in [9.17, 15) is 4.21 Å². The van der Waals surface area contributed by atoms with Crippen LogP contribution in [0.5, 0.6) is 0 Å².